The molecule has 1 rings (SSSR count). The third kappa shape index (κ3) is 3.24. The van der Waals surface area contributed by atoms with E-state index in [1.54, 1.807) is 24.3 Å². The number of benzene rings is 1. The molecule has 0 fully saturated rings. The van der Waals surface area contributed by atoms with Crippen molar-refractivity contribution in [2.45, 2.75) is 0 Å². The summed E-state index contributed by atoms with van der Waals surface area (Å²) in [5.41, 5.74) is 0. The normalized spacial score (nSPS) is 11.4. The van der Waals surface area contributed by atoms with E-state index in [0.717, 1.165) is 0 Å². The highest BCUT2D eigenvalue weighted by Gasteiger charge is 2.23. The molecule has 0 unspecified atom stereocenters. The summed E-state index contributed by atoms with van der Waals surface area (Å²) in [5.74, 6) is 0.304. The molecule has 0 atom stereocenters. The predicted octanol–water partition coefficient (Wildman–Crippen LogP) is 4.28. The van der Waals surface area contributed by atoms with Crippen molar-refractivity contribution in [3.05, 3.63) is 29.3 Å². The molecule has 0 aliphatic carbocycles. The zero-order valence-electron chi connectivity index (χ0n) is 6.52. The Labute approximate surface area is 101 Å². The molecule has 0 amide bonds. The smallest absolute Gasteiger partial charge is 0.414 e. The van der Waals surface area contributed by atoms with Crippen LogP contribution in [0.5, 0.6) is 5.75 Å². The molecule has 0 spiro atoms. The average molecular weight is 293 g/mol. The lowest BCUT2D eigenvalue weighted by Crippen LogP contribution is -1.92. The minimum absolute atomic E-state index is 0.304. The largest absolute Gasteiger partial charge is 0.421 e. The molecule has 0 N–H and O–H groups in total. The van der Waals surface area contributed by atoms with Crippen LogP contribution in [-0.4, -0.2) is 0 Å². The van der Waals surface area contributed by atoms with E-state index in [9.17, 15) is 0 Å². The lowest BCUT2D eigenvalue weighted by atomic mass is 10.3. The van der Waals surface area contributed by atoms with Crippen molar-refractivity contribution in [1.82, 2.24) is 0 Å². The van der Waals surface area contributed by atoms with Gasteiger partial charge in [-0.3, -0.25) is 0 Å². The summed E-state index contributed by atoms with van der Waals surface area (Å²) in [4.78, 5) is 0. The van der Waals surface area contributed by atoms with Gasteiger partial charge in [-0.25, -0.2) is 0 Å². The fraction of sp³-hybridized carbons (Fsp3) is 0. The second-order valence-electron chi connectivity index (χ2n) is 2.11. The molecule has 8 heteroatoms. The van der Waals surface area contributed by atoms with Crippen LogP contribution in [-0.2, 0) is 20.0 Å². The predicted molar refractivity (Wildman–Crippen MR) is 60.2 cm³/mol. The molecule has 0 radical (unpaired) electrons. The number of rotatable bonds is 4. The minimum Gasteiger partial charge on any atom is -0.421 e. The lowest BCUT2D eigenvalue weighted by Gasteiger charge is -2.14. The number of hydrogen-bond acceptors (Lipinski definition) is 4. The molecule has 1 aromatic rings. The SMILES string of the molecule is S=P(OCl)(OCl)Oc1ccccc1Cl. The van der Waals surface area contributed by atoms with Gasteiger partial charge in [0.25, 0.3) is 0 Å². The van der Waals surface area contributed by atoms with Crippen molar-refractivity contribution in [3.8, 4) is 5.75 Å². The number of para-hydroxylation sites is 1. The summed E-state index contributed by atoms with van der Waals surface area (Å²) in [6.07, 6.45) is 0. The first kappa shape index (κ1) is 12.5. The van der Waals surface area contributed by atoms with E-state index in [4.69, 9.17) is 51.7 Å². The van der Waals surface area contributed by atoms with Crippen LogP contribution < -0.4 is 4.52 Å². The van der Waals surface area contributed by atoms with E-state index in [0.29, 0.717) is 10.8 Å². The van der Waals surface area contributed by atoms with Gasteiger partial charge in [-0.2, -0.15) is 8.15 Å². The molecule has 1 aromatic carbocycles. The zero-order valence-corrected chi connectivity index (χ0v) is 10.5. The van der Waals surface area contributed by atoms with Crippen LogP contribution in [0.4, 0.5) is 0 Å². The topological polar surface area (TPSA) is 27.7 Å². The average Bonchev–Trinajstić information content (AvgIpc) is 2.21. The molecule has 0 heterocycles. The molecule has 0 saturated heterocycles. The molecule has 0 aliphatic heterocycles. The fourth-order valence-electron chi connectivity index (χ4n) is 0.678. The van der Waals surface area contributed by atoms with Gasteiger partial charge in [0.05, 0.1) is 28.8 Å². The van der Waals surface area contributed by atoms with Gasteiger partial charge >= 0.3 is 6.72 Å². The Kier molecular flexibility index (Phi) is 4.94. The summed E-state index contributed by atoms with van der Waals surface area (Å²) in [5, 5.41) is 0.365. The van der Waals surface area contributed by atoms with E-state index < -0.39 is 6.72 Å². The van der Waals surface area contributed by atoms with Crippen LogP contribution in [0.2, 0.25) is 5.02 Å². The standard InChI is InChI=1S/C6H4Cl3O3PS/c7-5-3-1-2-4-6(5)10-13(14,11-8)12-9/h1-4H. The maximum atomic E-state index is 5.79. The zero-order chi connectivity index (χ0) is 10.6. The summed E-state index contributed by atoms with van der Waals surface area (Å²) in [7, 11) is 0. The highest BCUT2D eigenvalue weighted by molar-refractivity contribution is 8.08. The fourth-order valence-corrected chi connectivity index (χ4v) is 2.05. The Morgan fingerprint density at radius 2 is 1.71 bits per heavy atom. The van der Waals surface area contributed by atoms with Crippen LogP contribution in [0, 0.1) is 0 Å². The second-order valence-corrected chi connectivity index (χ2v) is 6.04. The summed E-state index contributed by atoms with van der Waals surface area (Å²) >= 11 is 20.7. The summed E-state index contributed by atoms with van der Waals surface area (Å²) < 4.78 is 13.7. The molecule has 14 heavy (non-hydrogen) atoms. The van der Waals surface area contributed by atoms with Gasteiger partial charge < -0.3 is 4.52 Å². The van der Waals surface area contributed by atoms with E-state index in [-0.39, 0.29) is 0 Å². The van der Waals surface area contributed by atoms with E-state index in [1.165, 1.54) is 0 Å². The Morgan fingerprint density at radius 1 is 1.14 bits per heavy atom. The molecule has 0 bridgehead atoms. The molecular formula is C6H4Cl3O3PS. The van der Waals surface area contributed by atoms with E-state index >= 15 is 0 Å². The van der Waals surface area contributed by atoms with Crippen molar-refractivity contribution >= 4 is 53.9 Å². The monoisotopic (exact) mass is 292 g/mol. The highest BCUT2D eigenvalue weighted by Crippen LogP contribution is 2.53. The van der Waals surface area contributed by atoms with Gasteiger partial charge in [0.2, 0.25) is 0 Å². The highest BCUT2D eigenvalue weighted by atomic mass is 35.5. The maximum absolute atomic E-state index is 5.79. The molecule has 3 nitrogen and oxygen atoms in total. The quantitative estimate of drug-likeness (QED) is 0.774. The molecule has 0 aliphatic rings. The van der Waals surface area contributed by atoms with Crippen LogP contribution in [0.3, 0.4) is 0 Å². The number of hydrogen-bond donors (Lipinski definition) is 0. The first-order valence-electron chi connectivity index (χ1n) is 3.26. The Hall–Kier alpha value is 0.460. The van der Waals surface area contributed by atoms with Crippen molar-refractivity contribution in [2.24, 2.45) is 0 Å². The molecule has 78 valence electrons. The van der Waals surface area contributed by atoms with Crippen LogP contribution in [0.15, 0.2) is 24.3 Å². The van der Waals surface area contributed by atoms with E-state index in [2.05, 4.69) is 8.15 Å². The Balaban J connectivity index is 2.88. The molecule has 0 aromatic heterocycles. The Bertz CT molecular complexity index is 354. The van der Waals surface area contributed by atoms with Crippen LogP contribution >= 0.6 is 42.1 Å². The summed E-state index contributed by atoms with van der Waals surface area (Å²) in [6.45, 7) is -3.15. The molecular weight excluding hydrogens is 289 g/mol. The van der Waals surface area contributed by atoms with Crippen molar-refractivity contribution in [1.29, 1.82) is 0 Å². The number of halogens is 3. The van der Waals surface area contributed by atoms with E-state index in [1.807, 2.05) is 0 Å². The van der Waals surface area contributed by atoms with Gasteiger partial charge in [-0.15, -0.1) is 0 Å². The second kappa shape index (κ2) is 5.52. The van der Waals surface area contributed by atoms with Gasteiger partial charge in [-0.05, 0) is 12.1 Å². The van der Waals surface area contributed by atoms with Crippen molar-refractivity contribution < 1.29 is 12.7 Å². The Morgan fingerprint density at radius 3 is 2.21 bits per heavy atom. The van der Waals surface area contributed by atoms with Crippen LogP contribution in [0.25, 0.3) is 0 Å². The van der Waals surface area contributed by atoms with Crippen molar-refractivity contribution in [2.75, 3.05) is 0 Å². The first-order chi connectivity index (χ1) is 6.61. The van der Waals surface area contributed by atoms with Gasteiger partial charge in [0.15, 0.2) is 0 Å². The maximum Gasteiger partial charge on any atom is 0.414 e. The summed E-state index contributed by atoms with van der Waals surface area (Å²) in [6, 6.07) is 6.67. The third-order valence-corrected chi connectivity index (χ3v) is 4.54. The van der Waals surface area contributed by atoms with Crippen molar-refractivity contribution in [3.63, 3.8) is 0 Å². The van der Waals surface area contributed by atoms with Crippen LogP contribution in [0.1, 0.15) is 0 Å². The third-order valence-electron chi connectivity index (χ3n) is 1.22. The minimum atomic E-state index is -3.15. The van der Waals surface area contributed by atoms with Gasteiger partial charge in [0, 0.05) is 11.8 Å². The lowest BCUT2D eigenvalue weighted by molar-refractivity contribution is 0.415. The van der Waals surface area contributed by atoms with Gasteiger partial charge in [-0.1, -0.05) is 23.7 Å². The first-order valence-corrected chi connectivity index (χ1v) is 6.81. The van der Waals surface area contributed by atoms with Gasteiger partial charge in [0.1, 0.15) is 5.75 Å². The molecule has 0 saturated carbocycles.